The number of amides is 1. The summed E-state index contributed by atoms with van der Waals surface area (Å²) in [5.41, 5.74) is 11.4. The first kappa shape index (κ1) is 19.3. The lowest BCUT2D eigenvalue weighted by Crippen LogP contribution is -2.41. The second-order valence-electron chi connectivity index (χ2n) is 5.98. The second kappa shape index (κ2) is 8.50. The Morgan fingerprint density at radius 2 is 1.88 bits per heavy atom. The van der Waals surface area contributed by atoms with Crippen LogP contribution in [0.2, 0.25) is 10.0 Å². The van der Waals surface area contributed by atoms with Crippen LogP contribution in [-0.4, -0.2) is 17.7 Å². The molecule has 1 aliphatic heterocycles. The van der Waals surface area contributed by atoms with Gasteiger partial charge in [0, 0.05) is 10.5 Å². The van der Waals surface area contributed by atoms with Crippen molar-refractivity contribution in [2.75, 3.05) is 0 Å². The highest BCUT2D eigenvalue weighted by Crippen LogP contribution is 2.29. The van der Waals surface area contributed by atoms with E-state index in [1.54, 1.807) is 12.1 Å². The quantitative estimate of drug-likeness (QED) is 0.478. The summed E-state index contributed by atoms with van der Waals surface area (Å²) in [5.74, 6) is -0.198. The van der Waals surface area contributed by atoms with Gasteiger partial charge < -0.3 is 0 Å². The minimum atomic E-state index is -0.393. The van der Waals surface area contributed by atoms with Crippen LogP contribution in [0.4, 0.5) is 0 Å². The summed E-state index contributed by atoms with van der Waals surface area (Å²) in [6, 6.07) is 12.8. The van der Waals surface area contributed by atoms with Gasteiger partial charge in [-0.3, -0.25) is 4.79 Å². The SMILES string of the molecule is C/C(=N\NC(=O)C1CC(c2ccc(Cl)c(Cl)c2)NN1)c1ccc(Br)cc1. The largest absolute Gasteiger partial charge is 0.271 e. The Morgan fingerprint density at radius 3 is 2.58 bits per heavy atom. The molecular formula is C18H17BrCl2N4O. The molecule has 2 unspecified atom stereocenters. The molecular weight excluding hydrogens is 439 g/mol. The number of hydrazone groups is 1. The molecule has 1 aliphatic rings. The van der Waals surface area contributed by atoms with Crippen molar-refractivity contribution in [3.8, 4) is 0 Å². The summed E-state index contributed by atoms with van der Waals surface area (Å²) in [6.45, 7) is 1.85. The van der Waals surface area contributed by atoms with E-state index >= 15 is 0 Å². The van der Waals surface area contributed by atoms with Crippen molar-refractivity contribution in [2.24, 2.45) is 5.10 Å². The van der Waals surface area contributed by atoms with Crippen molar-refractivity contribution < 1.29 is 4.79 Å². The molecule has 0 radical (unpaired) electrons. The van der Waals surface area contributed by atoms with E-state index in [-0.39, 0.29) is 11.9 Å². The maximum Gasteiger partial charge on any atom is 0.258 e. The summed E-state index contributed by atoms with van der Waals surface area (Å²) < 4.78 is 0.993. The standard InChI is InChI=1S/C18H17BrCl2N4O/c1-10(11-2-5-13(19)6-3-11)22-25-18(26)17-9-16(23-24-17)12-4-7-14(20)15(21)8-12/h2-8,16-17,23-24H,9H2,1H3,(H,25,26)/b22-10+. The Kier molecular flexibility index (Phi) is 6.32. The number of benzene rings is 2. The van der Waals surface area contributed by atoms with Crippen LogP contribution in [-0.2, 0) is 4.79 Å². The molecule has 2 aromatic carbocycles. The maximum absolute atomic E-state index is 12.4. The second-order valence-corrected chi connectivity index (χ2v) is 7.71. The van der Waals surface area contributed by atoms with Crippen LogP contribution < -0.4 is 16.3 Å². The van der Waals surface area contributed by atoms with Gasteiger partial charge in [-0.15, -0.1) is 0 Å². The molecule has 1 heterocycles. The van der Waals surface area contributed by atoms with Crippen molar-refractivity contribution >= 4 is 50.8 Å². The molecule has 1 fully saturated rings. The number of nitrogens with one attached hydrogen (secondary N) is 3. The average molecular weight is 456 g/mol. The molecule has 26 heavy (non-hydrogen) atoms. The van der Waals surface area contributed by atoms with Crippen LogP contribution in [0.25, 0.3) is 0 Å². The van der Waals surface area contributed by atoms with E-state index in [9.17, 15) is 4.79 Å². The van der Waals surface area contributed by atoms with Gasteiger partial charge in [0.1, 0.15) is 6.04 Å². The smallest absolute Gasteiger partial charge is 0.258 e. The molecule has 0 bridgehead atoms. The number of carbonyl (C=O) groups excluding carboxylic acids is 1. The van der Waals surface area contributed by atoms with Crippen LogP contribution in [0.3, 0.4) is 0 Å². The molecule has 1 saturated heterocycles. The first-order chi connectivity index (χ1) is 12.4. The van der Waals surface area contributed by atoms with Gasteiger partial charge in [0.2, 0.25) is 0 Å². The zero-order chi connectivity index (χ0) is 18.7. The van der Waals surface area contributed by atoms with Crippen LogP contribution >= 0.6 is 39.1 Å². The minimum absolute atomic E-state index is 0.0305. The van der Waals surface area contributed by atoms with E-state index in [1.807, 2.05) is 37.3 Å². The number of rotatable bonds is 4. The van der Waals surface area contributed by atoms with E-state index in [1.165, 1.54) is 0 Å². The lowest BCUT2D eigenvalue weighted by molar-refractivity contribution is -0.122. The highest BCUT2D eigenvalue weighted by molar-refractivity contribution is 9.10. The normalized spacial score (nSPS) is 20.2. The zero-order valence-electron chi connectivity index (χ0n) is 13.9. The van der Waals surface area contributed by atoms with Gasteiger partial charge in [0.05, 0.1) is 15.8 Å². The van der Waals surface area contributed by atoms with E-state index in [0.29, 0.717) is 16.5 Å². The Hall–Kier alpha value is -1.44. The van der Waals surface area contributed by atoms with Crippen LogP contribution in [0.5, 0.6) is 0 Å². The third-order valence-corrected chi connectivity index (χ3v) is 5.43. The van der Waals surface area contributed by atoms with Crippen molar-refractivity contribution in [2.45, 2.75) is 25.4 Å². The molecule has 136 valence electrons. The Morgan fingerprint density at radius 1 is 1.15 bits per heavy atom. The number of halogens is 3. The Balaban J connectivity index is 1.59. The molecule has 0 spiro atoms. The predicted octanol–water partition coefficient (Wildman–Crippen LogP) is 4.20. The first-order valence-corrected chi connectivity index (χ1v) is 9.55. The summed E-state index contributed by atoms with van der Waals surface area (Å²) >= 11 is 15.4. The summed E-state index contributed by atoms with van der Waals surface area (Å²) in [4.78, 5) is 12.4. The number of carbonyl (C=O) groups is 1. The monoisotopic (exact) mass is 454 g/mol. The number of hydrogen-bond acceptors (Lipinski definition) is 4. The maximum atomic E-state index is 12.4. The predicted molar refractivity (Wildman–Crippen MR) is 108 cm³/mol. The molecule has 2 aromatic rings. The van der Waals surface area contributed by atoms with Crippen LogP contribution in [0, 0.1) is 0 Å². The molecule has 3 rings (SSSR count). The van der Waals surface area contributed by atoms with Crippen LogP contribution in [0.1, 0.15) is 30.5 Å². The first-order valence-electron chi connectivity index (χ1n) is 8.00. The molecule has 0 aromatic heterocycles. The lowest BCUT2D eigenvalue weighted by Gasteiger charge is -2.10. The van der Waals surface area contributed by atoms with Crippen molar-refractivity contribution in [3.05, 3.63) is 68.1 Å². The average Bonchev–Trinajstić information content (AvgIpc) is 3.12. The zero-order valence-corrected chi connectivity index (χ0v) is 17.0. The number of hydrazine groups is 1. The molecule has 0 aliphatic carbocycles. The fourth-order valence-corrected chi connectivity index (χ4v) is 3.22. The topological polar surface area (TPSA) is 65.5 Å². The third-order valence-electron chi connectivity index (χ3n) is 4.16. The molecule has 2 atom stereocenters. The summed E-state index contributed by atoms with van der Waals surface area (Å²) in [5, 5.41) is 5.19. The van der Waals surface area contributed by atoms with Crippen molar-refractivity contribution in [1.29, 1.82) is 0 Å². The number of hydrogen-bond donors (Lipinski definition) is 3. The van der Waals surface area contributed by atoms with Gasteiger partial charge in [0.25, 0.3) is 5.91 Å². The minimum Gasteiger partial charge on any atom is -0.271 e. The Bertz CT molecular complexity index is 842. The van der Waals surface area contributed by atoms with Gasteiger partial charge in [-0.25, -0.2) is 16.3 Å². The van der Waals surface area contributed by atoms with E-state index < -0.39 is 6.04 Å². The van der Waals surface area contributed by atoms with Crippen molar-refractivity contribution in [3.63, 3.8) is 0 Å². The molecule has 0 saturated carbocycles. The lowest BCUT2D eigenvalue weighted by atomic mass is 10.0. The fourth-order valence-electron chi connectivity index (χ4n) is 2.65. The van der Waals surface area contributed by atoms with Gasteiger partial charge in [0.15, 0.2) is 0 Å². The van der Waals surface area contributed by atoms with Crippen molar-refractivity contribution in [1.82, 2.24) is 16.3 Å². The van der Waals surface area contributed by atoms with E-state index in [0.717, 1.165) is 21.3 Å². The molecule has 8 heteroatoms. The van der Waals surface area contributed by atoms with Crippen LogP contribution in [0.15, 0.2) is 52.0 Å². The molecule has 3 N–H and O–H groups in total. The van der Waals surface area contributed by atoms with Gasteiger partial charge >= 0.3 is 0 Å². The van der Waals surface area contributed by atoms with E-state index in [4.69, 9.17) is 23.2 Å². The molecule has 5 nitrogen and oxygen atoms in total. The summed E-state index contributed by atoms with van der Waals surface area (Å²) in [6.07, 6.45) is 0.580. The highest BCUT2D eigenvalue weighted by Gasteiger charge is 2.30. The molecule has 1 amide bonds. The highest BCUT2D eigenvalue weighted by atomic mass is 79.9. The fraction of sp³-hybridized carbons (Fsp3) is 0.222. The van der Waals surface area contributed by atoms with E-state index in [2.05, 4.69) is 37.3 Å². The van der Waals surface area contributed by atoms with Gasteiger partial charge in [-0.1, -0.05) is 57.3 Å². The van der Waals surface area contributed by atoms with Gasteiger partial charge in [-0.05, 0) is 48.7 Å². The summed E-state index contributed by atoms with van der Waals surface area (Å²) in [7, 11) is 0. The number of nitrogens with zero attached hydrogens (tertiary/aromatic N) is 1. The third kappa shape index (κ3) is 4.64. The van der Waals surface area contributed by atoms with Gasteiger partial charge in [-0.2, -0.15) is 5.10 Å². The Labute approximate surface area is 170 Å².